The molecule has 3 amide bonds. The molecule has 0 unspecified atom stereocenters. The summed E-state index contributed by atoms with van der Waals surface area (Å²) in [6.45, 7) is 1.05. The van der Waals surface area contributed by atoms with Crippen molar-refractivity contribution in [3.05, 3.63) is 64.6 Å². The first-order valence-electron chi connectivity index (χ1n) is 11.3. The van der Waals surface area contributed by atoms with Crippen molar-refractivity contribution in [2.45, 2.75) is 32.0 Å². The summed E-state index contributed by atoms with van der Waals surface area (Å²) in [7, 11) is 0. The Hall–Kier alpha value is -3.50. The van der Waals surface area contributed by atoms with Gasteiger partial charge in [0.05, 0.1) is 17.1 Å². The van der Waals surface area contributed by atoms with E-state index in [1.807, 2.05) is 0 Å². The maximum Gasteiger partial charge on any atom is 0.269 e. The summed E-state index contributed by atoms with van der Waals surface area (Å²) in [6, 6.07) is 11.4. The van der Waals surface area contributed by atoms with Crippen LogP contribution in [0.3, 0.4) is 0 Å². The summed E-state index contributed by atoms with van der Waals surface area (Å²) in [5.74, 6) is -2.00. The minimum absolute atomic E-state index is 0.0231. The number of hydrogen-bond donors (Lipinski definition) is 3. The predicted molar refractivity (Wildman–Crippen MR) is 129 cm³/mol. The van der Waals surface area contributed by atoms with Crippen LogP contribution >= 0.6 is 11.6 Å². The highest BCUT2D eigenvalue weighted by Crippen LogP contribution is 2.20. The number of hydrogen-bond acceptors (Lipinski definition) is 5. The number of aromatic nitrogens is 2. The monoisotopic (exact) mass is 500 g/mol. The van der Waals surface area contributed by atoms with Crippen LogP contribution in [0.4, 0.5) is 4.39 Å². The van der Waals surface area contributed by atoms with Gasteiger partial charge in [-0.3, -0.25) is 19.1 Å². The number of nitrogens with one attached hydrogen (secondary N) is 2. The number of piperidine rings is 1. The molecule has 1 fully saturated rings. The number of amides is 3. The molecule has 0 radical (unpaired) electrons. The lowest BCUT2D eigenvalue weighted by molar-refractivity contribution is -0.139. The Kier molecular flexibility index (Phi) is 7.62. The van der Waals surface area contributed by atoms with Crippen molar-refractivity contribution in [2.24, 2.45) is 5.73 Å². The molecule has 35 heavy (non-hydrogen) atoms. The van der Waals surface area contributed by atoms with E-state index in [0.717, 1.165) is 13.1 Å². The van der Waals surface area contributed by atoms with Crippen molar-refractivity contribution < 1.29 is 18.8 Å². The number of nitrogens with two attached hydrogens (primary N) is 1. The SMILES string of the molecule is NC(=O)c1nn(CC(=O)N(CC(=O)NCc2cccc(Cl)c2F)C2CCNCC2)c2ccccc12. The van der Waals surface area contributed by atoms with Crippen molar-refractivity contribution in [1.82, 2.24) is 25.3 Å². The molecule has 9 nitrogen and oxygen atoms in total. The number of nitrogens with zero attached hydrogens (tertiary/aromatic N) is 3. The first-order chi connectivity index (χ1) is 16.8. The van der Waals surface area contributed by atoms with Crippen LogP contribution in [0.5, 0.6) is 0 Å². The van der Waals surface area contributed by atoms with Crippen molar-refractivity contribution >= 4 is 40.2 Å². The zero-order valence-corrected chi connectivity index (χ0v) is 19.7. The first-order valence-corrected chi connectivity index (χ1v) is 11.7. The number of carbonyl (C=O) groups is 3. The number of rotatable bonds is 8. The highest BCUT2D eigenvalue weighted by Gasteiger charge is 2.28. The minimum Gasteiger partial charge on any atom is -0.364 e. The fourth-order valence-corrected chi connectivity index (χ4v) is 4.47. The molecule has 3 aromatic rings. The quantitative estimate of drug-likeness (QED) is 0.435. The standard InChI is InChI=1S/C24H26ClFN6O3/c25-18-6-3-4-15(22(18)26)12-29-20(33)13-31(16-8-10-28-11-9-16)21(34)14-32-19-7-2-1-5-17(19)23(30-32)24(27)35/h1-7,16,28H,8-14H2,(H2,27,35)(H,29,33). The average molecular weight is 501 g/mol. The molecule has 11 heteroatoms. The summed E-state index contributed by atoms with van der Waals surface area (Å²) < 4.78 is 15.6. The Bertz CT molecular complexity index is 1260. The normalized spacial score (nSPS) is 14.1. The van der Waals surface area contributed by atoms with Crippen LogP contribution in [0, 0.1) is 5.82 Å². The van der Waals surface area contributed by atoms with Crippen LogP contribution in [0.2, 0.25) is 5.02 Å². The first kappa shape index (κ1) is 24.6. The molecule has 2 heterocycles. The highest BCUT2D eigenvalue weighted by molar-refractivity contribution is 6.30. The molecule has 4 N–H and O–H groups in total. The third-order valence-electron chi connectivity index (χ3n) is 6.07. The third-order valence-corrected chi connectivity index (χ3v) is 6.36. The van der Waals surface area contributed by atoms with Gasteiger partial charge in [0.1, 0.15) is 12.4 Å². The van der Waals surface area contributed by atoms with Crippen LogP contribution in [-0.2, 0) is 22.7 Å². The van der Waals surface area contributed by atoms with E-state index in [-0.39, 0.29) is 47.9 Å². The molecule has 1 aliphatic heterocycles. The Balaban J connectivity index is 1.51. The molecular formula is C24H26ClFN6O3. The van der Waals surface area contributed by atoms with Crippen molar-refractivity contribution in [1.29, 1.82) is 0 Å². The van der Waals surface area contributed by atoms with Gasteiger partial charge < -0.3 is 21.3 Å². The van der Waals surface area contributed by atoms with Gasteiger partial charge in [0.2, 0.25) is 11.8 Å². The molecule has 184 valence electrons. The molecular weight excluding hydrogens is 475 g/mol. The van der Waals surface area contributed by atoms with Crippen molar-refractivity contribution in [2.75, 3.05) is 19.6 Å². The molecule has 4 rings (SSSR count). The van der Waals surface area contributed by atoms with Gasteiger partial charge in [-0.1, -0.05) is 41.9 Å². The fourth-order valence-electron chi connectivity index (χ4n) is 4.28. The van der Waals surface area contributed by atoms with Gasteiger partial charge in [-0.15, -0.1) is 0 Å². The van der Waals surface area contributed by atoms with E-state index >= 15 is 0 Å². The summed E-state index contributed by atoms with van der Waals surface area (Å²) >= 11 is 5.81. The van der Waals surface area contributed by atoms with Crippen LogP contribution in [0.15, 0.2) is 42.5 Å². The maximum atomic E-state index is 14.2. The lowest BCUT2D eigenvalue weighted by atomic mass is 10.0. The molecule has 0 atom stereocenters. The van der Waals surface area contributed by atoms with Gasteiger partial charge in [0, 0.05) is 23.5 Å². The molecule has 0 bridgehead atoms. The largest absolute Gasteiger partial charge is 0.364 e. The summed E-state index contributed by atoms with van der Waals surface area (Å²) in [4.78, 5) is 39.5. The lowest BCUT2D eigenvalue weighted by Gasteiger charge is -2.34. The van der Waals surface area contributed by atoms with Crippen LogP contribution < -0.4 is 16.4 Å². The molecule has 2 aromatic carbocycles. The Morgan fingerprint density at radius 1 is 1.17 bits per heavy atom. The van der Waals surface area contributed by atoms with Gasteiger partial charge in [-0.25, -0.2) is 4.39 Å². The summed E-state index contributed by atoms with van der Waals surface area (Å²) in [6.07, 6.45) is 1.38. The topological polar surface area (TPSA) is 122 Å². The van der Waals surface area contributed by atoms with E-state index in [9.17, 15) is 18.8 Å². The second-order valence-electron chi connectivity index (χ2n) is 8.38. The molecule has 1 saturated heterocycles. The van der Waals surface area contributed by atoms with Gasteiger partial charge in [-0.2, -0.15) is 5.10 Å². The van der Waals surface area contributed by atoms with Gasteiger partial charge in [-0.05, 0) is 38.1 Å². The molecule has 1 aliphatic rings. The summed E-state index contributed by atoms with van der Waals surface area (Å²) in [5.41, 5.74) is 6.40. The smallest absolute Gasteiger partial charge is 0.269 e. The molecule has 1 aromatic heterocycles. The predicted octanol–water partition coefficient (Wildman–Crippen LogP) is 1.82. The van der Waals surface area contributed by atoms with E-state index in [0.29, 0.717) is 23.7 Å². The van der Waals surface area contributed by atoms with E-state index in [1.165, 1.54) is 21.7 Å². The number of benzene rings is 2. The van der Waals surface area contributed by atoms with E-state index in [2.05, 4.69) is 15.7 Å². The van der Waals surface area contributed by atoms with Crippen LogP contribution in [0.25, 0.3) is 10.9 Å². The minimum atomic E-state index is -0.685. The van der Waals surface area contributed by atoms with Gasteiger partial charge >= 0.3 is 0 Å². The second-order valence-corrected chi connectivity index (χ2v) is 8.79. The van der Waals surface area contributed by atoms with Crippen molar-refractivity contribution in [3.63, 3.8) is 0 Å². The van der Waals surface area contributed by atoms with E-state index < -0.39 is 17.6 Å². The van der Waals surface area contributed by atoms with E-state index in [4.69, 9.17) is 17.3 Å². The van der Waals surface area contributed by atoms with Crippen LogP contribution in [0.1, 0.15) is 28.9 Å². The van der Waals surface area contributed by atoms with Crippen LogP contribution in [-0.4, -0.2) is 58.1 Å². The highest BCUT2D eigenvalue weighted by atomic mass is 35.5. The van der Waals surface area contributed by atoms with Gasteiger partial charge in [0.25, 0.3) is 5.91 Å². The Morgan fingerprint density at radius 2 is 1.91 bits per heavy atom. The second kappa shape index (κ2) is 10.8. The van der Waals surface area contributed by atoms with Gasteiger partial charge in [0.15, 0.2) is 5.69 Å². The third kappa shape index (κ3) is 5.60. The molecule has 0 spiro atoms. The number of para-hydroxylation sites is 1. The fraction of sp³-hybridized carbons (Fsp3) is 0.333. The number of fused-ring (bicyclic) bond motifs is 1. The number of primary amides is 1. The Labute approximate surface area is 206 Å². The zero-order valence-electron chi connectivity index (χ0n) is 19.0. The Morgan fingerprint density at radius 3 is 2.66 bits per heavy atom. The number of halogens is 2. The van der Waals surface area contributed by atoms with E-state index in [1.54, 1.807) is 30.3 Å². The maximum absolute atomic E-state index is 14.2. The molecule has 0 saturated carbocycles. The molecule has 0 aliphatic carbocycles. The zero-order chi connectivity index (χ0) is 24.9. The van der Waals surface area contributed by atoms with Crippen molar-refractivity contribution in [3.8, 4) is 0 Å². The number of carbonyl (C=O) groups excluding carboxylic acids is 3. The summed E-state index contributed by atoms with van der Waals surface area (Å²) in [5, 5.41) is 10.7. The lowest BCUT2D eigenvalue weighted by Crippen LogP contribution is -2.51. The average Bonchev–Trinajstić information content (AvgIpc) is 3.22.